The molecular formula is C13H27NO3. The third-order valence-corrected chi connectivity index (χ3v) is 2.78. The third kappa shape index (κ3) is 7.34. The van der Waals surface area contributed by atoms with Crippen LogP contribution in [0.5, 0.6) is 0 Å². The molecule has 0 rings (SSSR count). The fourth-order valence-electron chi connectivity index (χ4n) is 1.53. The molecule has 0 spiro atoms. The fourth-order valence-corrected chi connectivity index (χ4v) is 1.53. The lowest BCUT2D eigenvalue weighted by Crippen LogP contribution is -2.38. The lowest BCUT2D eigenvalue weighted by molar-refractivity contribution is -0.130. The highest BCUT2D eigenvalue weighted by Crippen LogP contribution is 2.21. The van der Waals surface area contributed by atoms with E-state index in [1.165, 1.54) is 0 Å². The molecule has 0 fully saturated rings. The van der Waals surface area contributed by atoms with Gasteiger partial charge in [0.2, 0.25) is 5.91 Å². The van der Waals surface area contributed by atoms with E-state index in [9.17, 15) is 4.79 Å². The molecule has 0 aliphatic rings. The van der Waals surface area contributed by atoms with Crippen LogP contribution in [0.2, 0.25) is 0 Å². The van der Waals surface area contributed by atoms with Crippen molar-refractivity contribution in [1.82, 2.24) is 5.32 Å². The van der Waals surface area contributed by atoms with Crippen molar-refractivity contribution in [3.05, 3.63) is 0 Å². The summed E-state index contributed by atoms with van der Waals surface area (Å²) < 4.78 is 10.4. The molecule has 4 nitrogen and oxygen atoms in total. The molecule has 0 saturated heterocycles. The van der Waals surface area contributed by atoms with Gasteiger partial charge in [-0.3, -0.25) is 4.79 Å². The summed E-state index contributed by atoms with van der Waals surface area (Å²) in [5.74, 6) is 0.0998. The van der Waals surface area contributed by atoms with Gasteiger partial charge in [-0.2, -0.15) is 0 Å². The molecule has 17 heavy (non-hydrogen) atoms. The largest absolute Gasteiger partial charge is 0.379 e. The zero-order valence-electron chi connectivity index (χ0n) is 11.8. The van der Waals surface area contributed by atoms with E-state index in [2.05, 4.69) is 12.2 Å². The molecule has 0 heterocycles. The van der Waals surface area contributed by atoms with E-state index in [0.717, 1.165) is 12.8 Å². The molecule has 1 N–H and O–H groups in total. The zero-order chi connectivity index (χ0) is 13.3. The molecule has 0 saturated carbocycles. The number of amides is 1. The number of methoxy groups -OCH3 is 1. The lowest BCUT2D eigenvalue weighted by Gasteiger charge is -2.22. The van der Waals surface area contributed by atoms with Gasteiger partial charge in [0.25, 0.3) is 0 Å². The van der Waals surface area contributed by atoms with Crippen LogP contribution in [0.25, 0.3) is 0 Å². The second-order valence-electron chi connectivity index (χ2n) is 5.01. The number of hydrogen-bond acceptors (Lipinski definition) is 3. The van der Waals surface area contributed by atoms with Crippen LogP contribution in [-0.4, -0.2) is 38.9 Å². The minimum atomic E-state index is -0.283. The highest BCUT2D eigenvalue weighted by Gasteiger charge is 2.25. The van der Waals surface area contributed by atoms with Gasteiger partial charge in [-0.15, -0.1) is 0 Å². The highest BCUT2D eigenvalue weighted by molar-refractivity contribution is 5.81. The maximum absolute atomic E-state index is 11.8. The minimum Gasteiger partial charge on any atom is -0.379 e. The van der Waals surface area contributed by atoms with E-state index in [1.54, 1.807) is 7.11 Å². The van der Waals surface area contributed by atoms with Gasteiger partial charge < -0.3 is 14.8 Å². The summed E-state index contributed by atoms with van der Waals surface area (Å²) >= 11 is 0. The summed E-state index contributed by atoms with van der Waals surface area (Å²) in [4.78, 5) is 11.8. The Morgan fingerprint density at radius 1 is 1.41 bits per heavy atom. The Bertz CT molecular complexity index is 217. The number of carbonyl (C=O) groups is 1. The summed E-state index contributed by atoms with van der Waals surface area (Å²) in [5.41, 5.74) is -0.283. The van der Waals surface area contributed by atoms with E-state index in [1.807, 2.05) is 20.8 Å². The van der Waals surface area contributed by atoms with Crippen molar-refractivity contribution in [1.29, 1.82) is 0 Å². The van der Waals surface area contributed by atoms with Crippen molar-refractivity contribution in [3.8, 4) is 0 Å². The fraction of sp³-hybridized carbons (Fsp3) is 0.923. The lowest BCUT2D eigenvalue weighted by atomic mass is 9.87. The molecule has 0 aromatic rings. The van der Waals surface area contributed by atoms with E-state index < -0.39 is 0 Å². The zero-order valence-corrected chi connectivity index (χ0v) is 11.8. The van der Waals surface area contributed by atoms with Crippen LogP contribution >= 0.6 is 0 Å². The number of ether oxygens (including phenoxy) is 2. The van der Waals surface area contributed by atoms with Crippen LogP contribution in [0.3, 0.4) is 0 Å². The summed E-state index contributed by atoms with van der Waals surface area (Å²) in [5, 5.41) is 2.89. The topological polar surface area (TPSA) is 47.6 Å². The highest BCUT2D eigenvalue weighted by atomic mass is 16.5. The number of rotatable bonds is 9. The predicted molar refractivity (Wildman–Crippen MR) is 69.0 cm³/mol. The number of nitrogens with one attached hydrogen (secondary N) is 1. The maximum atomic E-state index is 11.8. The first-order valence-corrected chi connectivity index (χ1v) is 6.33. The first-order valence-electron chi connectivity index (χ1n) is 6.33. The summed E-state index contributed by atoms with van der Waals surface area (Å²) in [7, 11) is 1.66. The Balaban J connectivity index is 3.64. The Hall–Kier alpha value is -0.610. The Morgan fingerprint density at radius 2 is 2.06 bits per heavy atom. The van der Waals surface area contributed by atoms with E-state index >= 15 is 0 Å². The van der Waals surface area contributed by atoms with Gasteiger partial charge in [0.1, 0.15) is 0 Å². The maximum Gasteiger partial charge on any atom is 0.225 e. The van der Waals surface area contributed by atoms with Crippen LogP contribution in [0.15, 0.2) is 0 Å². The van der Waals surface area contributed by atoms with Gasteiger partial charge in [-0.05, 0) is 13.3 Å². The Labute approximate surface area is 105 Å². The molecule has 0 aromatic heterocycles. The van der Waals surface area contributed by atoms with Gasteiger partial charge in [-0.1, -0.05) is 27.2 Å². The van der Waals surface area contributed by atoms with Crippen LogP contribution < -0.4 is 5.32 Å². The van der Waals surface area contributed by atoms with E-state index in [-0.39, 0.29) is 17.4 Å². The molecular weight excluding hydrogens is 218 g/mol. The quantitative estimate of drug-likeness (QED) is 0.632. The molecule has 1 amide bonds. The predicted octanol–water partition coefficient (Wildman–Crippen LogP) is 1.98. The van der Waals surface area contributed by atoms with Crippen molar-refractivity contribution in [2.24, 2.45) is 5.41 Å². The Morgan fingerprint density at radius 3 is 2.59 bits per heavy atom. The molecule has 1 unspecified atom stereocenters. The van der Waals surface area contributed by atoms with Gasteiger partial charge in [0.05, 0.1) is 19.3 Å². The summed E-state index contributed by atoms with van der Waals surface area (Å²) in [6.45, 7) is 9.63. The van der Waals surface area contributed by atoms with Crippen LogP contribution in [0.1, 0.15) is 40.5 Å². The molecule has 102 valence electrons. The first kappa shape index (κ1) is 16.4. The number of hydrogen-bond donors (Lipinski definition) is 1. The summed E-state index contributed by atoms with van der Waals surface area (Å²) in [6, 6.07) is 0. The SMILES string of the molecule is CCCC(C)(C)C(=O)NCCOCC(C)OC. The molecule has 0 aromatic carbocycles. The van der Waals surface area contributed by atoms with Crippen molar-refractivity contribution >= 4 is 5.91 Å². The first-order chi connectivity index (χ1) is 7.94. The van der Waals surface area contributed by atoms with Gasteiger partial charge in [-0.25, -0.2) is 0 Å². The molecule has 0 aliphatic heterocycles. The van der Waals surface area contributed by atoms with E-state index in [0.29, 0.717) is 19.8 Å². The van der Waals surface area contributed by atoms with Crippen LogP contribution in [0, 0.1) is 5.41 Å². The molecule has 0 radical (unpaired) electrons. The second-order valence-corrected chi connectivity index (χ2v) is 5.01. The number of carbonyl (C=O) groups excluding carboxylic acids is 1. The molecule has 0 bridgehead atoms. The second kappa shape index (κ2) is 8.48. The average molecular weight is 245 g/mol. The van der Waals surface area contributed by atoms with E-state index in [4.69, 9.17) is 9.47 Å². The van der Waals surface area contributed by atoms with Crippen LogP contribution in [-0.2, 0) is 14.3 Å². The normalized spacial score (nSPS) is 13.5. The molecule has 4 heteroatoms. The molecule has 0 aliphatic carbocycles. The average Bonchev–Trinajstić information content (AvgIpc) is 2.27. The minimum absolute atomic E-state index is 0.0993. The van der Waals surface area contributed by atoms with Crippen molar-refractivity contribution in [2.45, 2.75) is 46.6 Å². The van der Waals surface area contributed by atoms with Crippen molar-refractivity contribution in [2.75, 3.05) is 26.9 Å². The van der Waals surface area contributed by atoms with Crippen molar-refractivity contribution < 1.29 is 14.3 Å². The third-order valence-electron chi connectivity index (χ3n) is 2.78. The smallest absolute Gasteiger partial charge is 0.225 e. The van der Waals surface area contributed by atoms with Gasteiger partial charge in [0.15, 0.2) is 0 Å². The standard InChI is InChI=1S/C13H27NO3/c1-6-7-13(3,4)12(15)14-8-9-17-10-11(2)16-5/h11H,6-10H2,1-5H3,(H,14,15). The van der Waals surface area contributed by atoms with Gasteiger partial charge >= 0.3 is 0 Å². The van der Waals surface area contributed by atoms with Crippen molar-refractivity contribution in [3.63, 3.8) is 0 Å². The monoisotopic (exact) mass is 245 g/mol. The molecule has 1 atom stereocenters. The summed E-state index contributed by atoms with van der Waals surface area (Å²) in [6.07, 6.45) is 2.02. The Kier molecular flexibility index (Phi) is 8.17. The van der Waals surface area contributed by atoms with Gasteiger partial charge in [0, 0.05) is 19.1 Å². The van der Waals surface area contributed by atoms with Crippen LogP contribution in [0.4, 0.5) is 0 Å².